The van der Waals surface area contributed by atoms with Gasteiger partial charge >= 0.3 is 0 Å². The van der Waals surface area contributed by atoms with E-state index in [4.69, 9.17) is 4.74 Å². The molecule has 0 saturated heterocycles. The predicted molar refractivity (Wildman–Crippen MR) is 103 cm³/mol. The van der Waals surface area contributed by atoms with E-state index in [-0.39, 0.29) is 11.2 Å². The molecule has 0 saturated carbocycles. The highest BCUT2D eigenvalue weighted by Gasteiger charge is 2.19. The fourth-order valence-electron chi connectivity index (χ4n) is 2.17. The maximum Gasteiger partial charge on any atom is 0.239 e. The van der Waals surface area contributed by atoms with Crippen molar-refractivity contribution < 1.29 is 9.53 Å². The minimum Gasteiger partial charge on any atom is -0.383 e. The van der Waals surface area contributed by atoms with Crippen LogP contribution in [-0.2, 0) is 16.1 Å². The Bertz CT molecular complexity index is 850. The van der Waals surface area contributed by atoms with Crippen LogP contribution < -0.4 is 5.32 Å². The molecule has 3 aromatic rings. The average Bonchev–Trinajstić information content (AvgIpc) is 3.30. The summed E-state index contributed by atoms with van der Waals surface area (Å²) in [4.78, 5) is 16.9. The average molecular weight is 390 g/mol. The van der Waals surface area contributed by atoms with E-state index in [0.717, 1.165) is 11.3 Å². The molecule has 0 spiro atoms. The van der Waals surface area contributed by atoms with Crippen molar-refractivity contribution in [1.29, 1.82) is 0 Å². The Labute approximate surface area is 159 Å². The molecule has 1 amide bonds. The topological polar surface area (TPSA) is 81.9 Å². The molecule has 0 aliphatic heterocycles. The third-order valence-corrected chi connectivity index (χ3v) is 5.42. The van der Waals surface area contributed by atoms with Crippen LogP contribution in [0.5, 0.6) is 0 Å². The summed E-state index contributed by atoms with van der Waals surface area (Å²) >= 11 is 2.77. The molecule has 1 unspecified atom stereocenters. The second-order valence-electron chi connectivity index (χ2n) is 5.45. The highest BCUT2D eigenvalue weighted by atomic mass is 32.2. The zero-order valence-corrected chi connectivity index (χ0v) is 16.1. The van der Waals surface area contributed by atoms with E-state index < -0.39 is 0 Å². The Morgan fingerprint density at radius 3 is 2.96 bits per heavy atom. The smallest absolute Gasteiger partial charge is 0.239 e. The third-order valence-electron chi connectivity index (χ3n) is 3.57. The number of thioether (sulfide) groups is 1. The molecule has 1 aromatic carbocycles. The number of carbonyl (C=O) groups is 1. The van der Waals surface area contributed by atoms with Crippen LogP contribution in [0.25, 0.3) is 11.3 Å². The van der Waals surface area contributed by atoms with E-state index in [0.29, 0.717) is 23.4 Å². The molecule has 0 radical (unpaired) electrons. The highest BCUT2D eigenvalue weighted by Crippen LogP contribution is 2.26. The summed E-state index contributed by atoms with van der Waals surface area (Å²) < 4.78 is 6.94. The predicted octanol–water partition coefficient (Wildman–Crippen LogP) is 3.17. The van der Waals surface area contributed by atoms with Gasteiger partial charge in [-0.3, -0.25) is 4.79 Å². The van der Waals surface area contributed by atoms with Gasteiger partial charge in [-0.2, -0.15) is 0 Å². The van der Waals surface area contributed by atoms with Crippen LogP contribution in [0.1, 0.15) is 6.92 Å². The first kappa shape index (κ1) is 18.6. The number of nitrogens with zero attached hydrogens (tertiary/aromatic N) is 4. The van der Waals surface area contributed by atoms with Gasteiger partial charge < -0.3 is 14.6 Å². The number of thiazole rings is 1. The third kappa shape index (κ3) is 4.69. The number of aromatic nitrogens is 4. The van der Waals surface area contributed by atoms with Crippen LogP contribution >= 0.6 is 23.1 Å². The van der Waals surface area contributed by atoms with Gasteiger partial charge in [0.1, 0.15) is 6.33 Å². The zero-order chi connectivity index (χ0) is 18.4. The molecule has 9 heteroatoms. The monoisotopic (exact) mass is 389 g/mol. The molecule has 0 aliphatic rings. The van der Waals surface area contributed by atoms with Crippen LogP contribution in [0.2, 0.25) is 0 Å². The van der Waals surface area contributed by atoms with Crippen LogP contribution in [-0.4, -0.2) is 44.6 Å². The van der Waals surface area contributed by atoms with Crippen molar-refractivity contribution in [2.75, 3.05) is 19.0 Å². The normalized spacial score (nSPS) is 12.1. The Kier molecular flexibility index (Phi) is 6.37. The molecule has 26 heavy (non-hydrogen) atoms. The highest BCUT2D eigenvalue weighted by molar-refractivity contribution is 8.00. The minimum absolute atomic E-state index is 0.120. The van der Waals surface area contributed by atoms with Gasteiger partial charge in [-0.15, -0.1) is 21.5 Å². The first-order chi connectivity index (χ1) is 12.7. The Hall–Kier alpha value is -2.23. The number of rotatable bonds is 8. The molecule has 0 fully saturated rings. The Balaban J connectivity index is 1.60. The van der Waals surface area contributed by atoms with Gasteiger partial charge in [-0.1, -0.05) is 42.1 Å². The Morgan fingerprint density at radius 2 is 2.19 bits per heavy atom. The van der Waals surface area contributed by atoms with Crippen molar-refractivity contribution >= 4 is 34.1 Å². The summed E-state index contributed by atoms with van der Waals surface area (Å²) in [6, 6.07) is 9.87. The summed E-state index contributed by atoms with van der Waals surface area (Å²) in [5.74, 6) is -0.120. The van der Waals surface area contributed by atoms with Crippen molar-refractivity contribution in [2.45, 2.75) is 23.9 Å². The second-order valence-corrected chi connectivity index (χ2v) is 7.62. The molecule has 0 bridgehead atoms. The molecular weight excluding hydrogens is 370 g/mol. The van der Waals surface area contributed by atoms with Crippen molar-refractivity contribution in [2.24, 2.45) is 0 Å². The molecule has 1 N–H and O–H groups in total. The number of methoxy groups -OCH3 is 1. The number of benzene rings is 1. The maximum absolute atomic E-state index is 12.5. The molecule has 1 atom stereocenters. The van der Waals surface area contributed by atoms with E-state index in [9.17, 15) is 4.79 Å². The largest absolute Gasteiger partial charge is 0.383 e. The lowest BCUT2D eigenvalue weighted by Crippen LogP contribution is -2.23. The first-order valence-corrected chi connectivity index (χ1v) is 9.78. The molecule has 7 nitrogen and oxygen atoms in total. The standard InChI is InChI=1S/C17H19N5O2S2/c1-12(26-17-21-18-11-22(17)8-9-24-2)15(23)20-16-19-14(10-25-16)13-6-4-3-5-7-13/h3-7,10-12H,8-9H2,1-2H3,(H,19,20,23). The van der Waals surface area contributed by atoms with Gasteiger partial charge in [0.2, 0.25) is 5.91 Å². The number of hydrogen-bond acceptors (Lipinski definition) is 7. The number of carbonyl (C=O) groups excluding carboxylic acids is 1. The van der Waals surface area contributed by atoms with Gasteiger partial charge in [-0.05, 0) is 6.92 Å². The number of ether oxygens (including phenoxy) is 1. The summed E-state index contributed by atoms with van der Waals surface area (Å²) in [5.41, 5.74) is 1.88. The second kappa shape index (κ2) is 8.93. The molecule has 2 aromatic heterocycles. The summed E-state index contributed by atoms with van der Waals surface area (Å²) in [6.45, 7) is 3.04. The van der Waals surface area contributed by atoms with Gasteiger partial charge in [0.15, 0.2) is 10.3 Å². The first-order valence-electron chi connectivity index (χ1n) is 8.02. The van der Waals surface area contributed by atoms with Gasteiger partial charge in [0, 0.05) is 24.6 Å². The minimum atomic E-state index is -0.329. The summed E-state index contributed by atoms with van der Waals surface area (Å²) in [6.07, 6.45) is 1.64. The van der Waals surface area contributed by atoms with E-state index in [2.05, 4.69) is 20.5 Å². The van der Waals surface area contributed by atoms with E-state index in [1.54, 1.807) is 13.4 Å². The molecule has 0 aliphatic carbocycles. The molecule has 3 rings (SSSR count). The van der Waals surface area contributed by atoms with Crippen LogP contribution in [0.3, 0.4) is 0 Å². The number of anilines is 1. The van der Waals surface area contributed by atoms with Crippen molar-refractivity contribution in [3.63, 3.8) is 0 Å². The fourth-order valence-corrected chi connectivity index (χ4v) is 3.74. The quantitative estimate of drug-likeness (QED) is 0.596. The van der Waals surface area contributed by atoms with E-state index in [1.807, 2.05) is 47.2 Å². The number of nitrogens with one attached hydrogen (secondary N) is 1. The lowest BCUT2D eigenvalue weighted by molar-refractivity contribution is -0.115. The van der Waals surface area contributed by atoms with Crippen LogP contribution in [0, 0.1) is 0 Å². The fraction of sp³-hybridized carbons (Fsp3) is 0.294. The molecule has 2 heterocycles. The van der Waals surface area contributed by atoms with E-state index in [1.165, 1.54) is 23.1 Å². The van der Waals surface area contributed by atoms with Crippen molar-refractivity contribution in [3.8, 4) is 11.3 Å². The SMILES string of the molecule is COCCn1cnnc1SC(C)C(=O)Nc1nc(-c2ccccc2)cs1. The Morgan fingerprint density at radius 1 is 1.38 bits per heavy atom. The maximum atomic E-state index is 12.5. The lowest BCUT2D eigenvalue weighted by atomic mass is 10.2. The van der Waals surface area contributed by atoms with Gasteiger partial charge in [0.25, 0.3) is 0 Å². The van der Waals surface area contributed by atoms with Gasteiger partial charge in [-0.25, -0.2) is 4.98 Å². The summed E-state index contributed by atoms with van der Waals surface area (Å²) in [5, 5.41) is 13.7. The van der Waals surface area contributed by atoms with Crippen molar-refractivity contribution in [3.05, 3.63) is 42.0 Å². The van der Waals surface area contributed by atoms with Crippen molar-refractivity contribution in [1.82, 2.24) is 19.7 Å². The number of amides is 1. The van der Waals surface area contributed by atoms with Crippen LogP contribution in [0.15, 0.2) is 47.2 Å². The lowest BCUT2D eigenvalue weighted by Gasteiger charge is -2.11. The van der Waals surface area contributed by atoms with Gasteiger partial charge in [0.05, 0.1) is 17.6 Å². The molecule has 136 valence electrons. The molecular formula is C17H19N5O2S2. The number of hydrogen-bond donors (Lipinski definition) is 1. The van der Waals surface area contributed by atoms with E-state index >= 15 is 0 Å². The van der Waals surface area contributed by atoms with Crippen LogP contribution in [0.4, 0.5) is 5.13 Å². The summed E-state index contributed by atoms with van der Waals surface area (Å²) in [7, 11) is 1.64. The zero-order valence-electron chi connectivity index (χ0n) is 14.5.